The Morgan fingerprint density at radius 3 is 2.38 bits per heavy atom. The van der Waals surface area contributed by atoms with Gasteiger partial charge in [-0.3, -0.25) is 9.59 Å². The maximum Gasteiger partial charge on any atom is 0.291 e. The van der Waals surface area contributed by atoms with Crippen LogP contribution in [-0.2, 0) is 4.79 Å². The molecule has 3 aromatic carbocycles. The number of rotatable bonds is 10. The molecule has 0 aliphatic carbocycles. The second kappa shape index (κ2) is 12.5. The van der Waals surface area contributed by atoms with Crippen molar-refractivity contribution in [2.45, 2.75) is 10.1 Å². The summed E-state index contributed by atoms with van der Waals surface area (Å²) in [6.07, 6.45) is 1.45. The van der Waals surface area contributed by atoms with Gasteiger partial charge in [0.25, 0.3) is 5.91 Å². The molecule has 5 rings (SSSR count). The molecule has 0 bridgehead atoms. The van der Waals surface area contributed by atoms with Crippen LogP contribution in [0.1, 0.15) is 21.4 Å². The van der Waals surface area contributed by atoms with Crippen molar-refractivity contribution in [3.8, 4) is 22.8 Å². The molecular weight excluding hydrogens is 546 g/mol. The molecule has 5 aromatic rings. The van der Waals surface area contributed by atoms with Gasteiger partial charge in [-0.15, -0.1) is 23.1 Å². The van der Waals surface area contributed by atoms with E-state index in [1.165, 1.54) is 29.4 Å². The molecule has 0 saturated carbocycles. The Morgan fingerprint density at radius 2 is 1.68 bits per heavy atom. The number of carbonyl (C=O) groups is 2. The first-order valence-electron chi connectivity index (χ1n) is 12.2. The van der Waals surface area contributed by atoms with E-state index >= 15 is 0 Å². The zero-order valence-corrected chi connectivity index (χ0v) is 23.3. The summed E-state index contributed by atoms with van der Waals surface area (Å²) < 4.78 is 15.9. The monoisotopic (exact) mass is 571 g/mol. The Bertz CT molecular complexity index is 1590. The van der Waals surface area contributed by atoms with E-state index in [2.05, 4.69) is 15.6 Å². The van der Waals surface area contributed by atoms with Gasteiger partial charge in [0.15, 0.2) is 22.4 Å². The molecule has 2 N–H and O–H groups in total. The lowest BCUT2D eigenvalue weighted by Crippen LogP contribution is -2.19. The predicted octanol–water partition coefficient (Wildman–Crippen LogP) is 7.14. The van der Waals surface area contributed by atoms with Crippen molar-refractivity contribution in [1.29, 1.82) is 0 Å². The molecule has 0 aliphatic heterocycles. The van der Waals surface area contributed by atoms with Crippen LogP contribution in [0.2, 0.25) is 0 Å². The van der Waals surface area contributed by atoms with Crippen LogP contribution in [0.5, 0.6) is 11.5 Å². The van der Waals surface area contributed by atoms with Gasteiger partial charge in [-0.1, -0.05) is 30.3 Å². The van der Waals surface area contributed by atoms with Crippen LogP contribution in [0.3, 0.4) is 0 Å². The van der Waals surface area contributed by atoms with Gasteiger partial charge in [-0.2, -0.15) is 0 Å². The first-order valence-corrected chi connectivity index (χ1v) is 14.0. The second-order valence-electron chi connectivity index (χ2n) is 8.46. The lowest BCUT2D eigenvalue weighted by atomic mass is 10.1. The predicted molar refractivity (Wildman–Crippen MR) is 157 cm³/mol. The summed E-state index contributed by atoms with van der Waals surface area (Å²) in [7, 11) is 3.17. The Hall–Kier alpha value is -4.54. The van der Waals surface area contributed by atoms with E-state index in [1.807, 2.05) is 66.0 Å². The number of nitrogens with zero attached hydrogens (tertiary/aromatic N) is 1. The second-order valence-corrected chi connectivity index (χ2v) is 10.5. The van der Waals surface area contributed by atoms with E-state index in [-0.39, 0.29) is 17.6 Å². The molecule has 10 heteroatoms. The van der Waals surface area contributed by atoms with Gasteiger partial charge in [0.1, 0.15) is 5.25 Å². The van der Waals surface area contributed by atoms with Gasteiger partial charge >= 0.3 is 0 Å². The zero-order chi connectivity index (χ0) is 27.9. The minimum absolute atomic E-state index is 0.195. The average molecular weight is 572 g/mol. The summed E-state index contributed by atoms with van der Waals surface area (Å²) in [6.45, 7) is 0. The third-order valence-corrected chi connectivity index (χ3v) is 7.89. The maximum absolute atomic E-state index is 13.5. The highest BCUT2D eigenvalue weighted by atomic mass is 32.2. The number of thiazole rings is 1. The third kappa shape index (κ3) is 6.36. The van der Waals surface area contributed by atoms with E-state index in [1.54, 1.807) is 38.5 Å². The van der Waals surface area contributed by atoms with Gasteiger partial charge in [0, 0.05) is 21.5 Å². The van der Waals surface area contributed by atoms with Gasteiger partial charge in [0.2, 0.25) is 5.91 Å². The fraction of sp³-hybridized carbons (Fsp3) is 0.100. The molecule has 0 saturated heterocycles. The minimum Gasteiger partial charge on any atom is -0.493 e. The van der Waals surface area contributed by atoms with Crippen LogP contribution in [0.15, 0.2) is 106 Å². The standard InChI is InChI=1S/C30H25N3O5S2/c1-36-24-15-10-20(17-26(24)37-2)23-18-39-30(32-23)33-29(35)27(19-7-4-3-5-8-19)40-22-13-11-21(12-14-22)31-28(34)25-9-6-16-38-25/h3-18,27H,1-2H3,(H,31,34)(H,32,33,35). The number of furan rings is 1. The summed E-state index contributed by atoms with van der Waals surface area (Å²) in [6, 6.07) is 25.7. The average Bonchev–Trinajstić information content (AvgIpc) is 3.70. The van der Waals surface area contributed by atoms with E-state index in [0.29, 0.717) is 22.3 Å². The van der Waals surface area contributed by atoms with Gasteiger partial charge in [-0.05, 0) is 60.2 Å². The number of hydrogen-bond donors (Lipinski definition) is 2. The quantitative estimate of drug-likeness (QED) is 0.172. The molecule has 1 unspecified atom stereocenters. The molecular formula is C30H25N3O5S2. The number of aromatic nitrogens is 1. The molecule has 0 fully saturated rings. The van der Waals surface area contributed by atoms with Crippen LogP contribution in [0, 0.1) is 0 Å². The van der Waals surface area contributed by atoms with Crippen molar-refractivity contribution < 1.29 is 23.5 Å². The highest BCUT2D eigenvalue weighted by Crippen LogP contribution is 2.38. The number of methoxy groups -OCH3 is 2. The normalized spacial score (nSPS) is 11.4. The lowest BCUT2D eigenvalue weighted by molar-refractivity contribution is -0.115. The van der Waals surface area contributed by atoms with Crippen molar-refractivity contribution in [3.63, 3.8) is 0 Å². The van der Waals surface area contributed by atoms with Crippen molar-refractivity contribution in [2.24, 2.45) is 0 Å². The Balaban J connectivity index is 1.30. The summed E-state index contributed by atoms with van der Waals surface area (Å²) >= 11 is 2.76. The fourth-order valence-corrected chi connectivity index (χ4v) is 5.63. The molecule has 202 valence electrons. The molecule has 1 atom stereocenters. The van der Waals surface area contributed by atoms with Crippen LogP contribution in [0.25, 0.3) is 11.3 Å². The van der Waals surface area contributed by atoms with Gasteiger partial charge < -0.3 is 24.5 Å². The lowest BCUT2D eigenvalue weighted by Gasteiger charge is -2.16. The fourth-order valence-electron chi connectivity index (χ4n) is 3.88. The highest BCUT2D eigenvalue weighted by Gasteiger charge is 2.23. The van der Waals surface area contributed by atoms with Crippen molar-refractivity contribution >= 4 is 45.7 Å². The van der Waals surface area contributed by atoms with Crippen molar-refractivity contribution in [3.05, 3.63) is 108 Å². The van der Waals surface area contributed by atoms with Crippen LogP contribution >= 0.6 is 23.1 Å². The molecule has 2 amide bonds. The summed E-state index contributed by atoms with van der Waals surface area (Å²) in [4.78, 5) is 31.3. The van der Waals surface area contributed by atoms with Crippen LogP contribution in [-0.4, -0.2) is 31.0 Å². The van der Waals surface area contributed by atoms with Gasteiger partial charge in [-0.25, -0.2) is 4.98 Å². The first kappa shape index (κ1) is 27.0. The minimum atomic E-state index is -0.529. The molecule has 0 radical (unpaired) electrons. The number of anilines is 2. The van der Waals surface area contributed by atoms with E-state index < -0.39 is 5.25 Å². The highest BCUT2D eigenvalue weighted by molar-refractivity contribution is 8.00. The van der Waals surface area contributed by atoms with Crippen molar-refractivity contribution in [2.75, 3.05) is 24.9 Å². The molecule has 0 aliphatic rings. The topological polar surface area (TPSA) is 103 Å². The number of benzene rings is 3. The number of carbonyl (C=O) groups excluding carboxylic acids is 2. The van der Waals surface area contributed by atoms with E-state index in [9.17, 15) is 9.59 Å². The number of ether oxygens (including phenoxy) is 2. The number of nitrogens with one attached hydrogen (secondary N) is 2. The summed E-state index contributed by atoms with van der Waals surface area (Å²) in [5, 5.41) is 7.63. The maximum atomic E-state index is 13.5. The Kier molecular flexibility index (Phi) is 8.48. The number of thioether (sulfide) groups is 1. The smallest absolute Gasteiger partial charge is 0.291 e. The molecule has 2 aromatic heterocycles. The first-order chi connectivity index (χ1) is 19.5. The van der Waals surface area contributed by atoms with Gasteiger partial charge in [0.05, 0.1) is 26.2 Å². The number of amides is 2. The molecule has 2 heterocycles. The largest absolute Gasteiger partial charge is 0.493 e. The van der Waals surface area contributed by atoms with Crippen molar-refractivity contribution in [1.82, 2.24) is 4.98 Å². The van der Waals surface area contributed by atoms with Crippen LogP contribution < -0.4 is 20.1 Å². The molecule has 40 heavy (non-hydrogen) atoms. The van der Waals surface area contributed by atoms with E-state index in [0.717, 1.165) is 21.7 Å². The third-order valence-electron chi connectivity index (χ3n) is 5.87. The summed E-state index contributed by atoms with van der Waals surface area (Å²) in [5.41, 5.74) is 3.05. The SMILES string of the molecule is COc1ccc(-c2csc(NC(=O)C(Sc3ccc(NC(=O)c4ccco4)cc3)c3ccccc3)n2)cc1OC. The molecule has 0 spiro atoms. The number of hydrogen-bond acceptors (Lipinski definition) is 8. The Labute approximate surface area is 239 Å². The Morgan fingerprint density at radius 1 is 0.900 bits per heavy atom. The molecule has 8 nitrogen and oxygen atoms in total. The zero-order valence-electron chi connectivity index (χ0n) is 21.6. The summed E-state index contributed by atoms with van der Waals surface area (Å²) in [5.74, 6) is 0.939. The van der Waals surface area contributed by atoms with Crippen LogP contribution in [0.4, 0.5) is 10.8 Å². The van der Waals surface area contributed by atoms with E-state index in [4.69, 9.17) is 13.9 Å².